The number of aliphatic hydroxyl groups excluding tert-OH is 1. The van der Waals surface area contributed by atoms with Crippen LogP contribution in [0.15, 0.2) is 36.4 Å². The molecule has 0 amide bonds. The number of nitrogens with one attached hydrogen (secondary N) is 1. The molecule has 0 heterocycles. The van der Waals surface area contributed by atoms with E-state index in [0.717, 1.165) is 11.1 Å². The summed E-state index contributed by atoms with van der Waals surface area (Å²) in [5.41, 5.74) is 1.19. The number of carbonyl (C=O) groups is 1. The Morgan fingerprint density at radius 1 is 1.15 bits per heavy atom. The monoisotopic (exact) mass is 273 g/mol. The normalized spacial score (nSPS) is 13.9. The highest BCUT2D eigenvalue weighted by molar-refractivity contribution is 6.07. The van der Waals surface area contributed by atoms with Crippen LogP contribution in [0.4, 0.5) is 5.69 Å². The molecule has 0 saturated carbocycles. The molecular weight excluding hydrogens is 254 g/mol. The lowest BCUT2D eigenvalue weighted by Crippen LogP contribution is -2.20. The van der Waals surface area contributed by atoms with E-state index < -0.39 is 5.97 Å². The van der Waals surface area contributed by atoms with Gasteiger partial charge in [0.2, 0.25) is 0 Å². The minimum Gasteiger partial charge on any atom is -0.478 e. The van der Waals surface area contributed by atoms with Crippen molar-refractivity contribution in [1.82, 2.24) is 0 Å². The molecule has 0 saturated heterocycles. The van der Waals surface area contributed by atoms with Gasteiger partial charge in [-0.15, -0.1) is 0 Å². The number of hydrogen-bond acceptors (Lipinski definition) is 3. The minimum absolute atomic E-state index is 0.106. The zero-order valence-electron chi connectivity index (χ0n) is 11.6. The van der Waals surface area contributed by atoms with Crippen molar-refractivity contribution in [3.8, 4) is 0 Å². The topological polar surface area (TPSA) is 69.6 Å². The number of aliphatic hydroxyl groups is 1. The zero-order valence-corrected chi connectivity index (χ0v) is 11.6. The standard InChI is InChI=1S/C16H19NO3/c1-10(9-11(2)18)17-15-8-7-14(16(19)20)12-5-3-4-6-13(12)15/h3-8,10-11,17-18H,9H2,1-2H3,(H,19,20). The number of rotatable bonds is 5. The van der Waals surface area contributed by atoms with Gasteiger partial charge in [-0.05, 0) is 37.8 Å². The summed E-state index contributed by atoms with van der Waals surface area (Å²) in [5, 5.41) is 23.6. The van der Waals surface area contributed by atoms with E-state index in [4.69, 9.17) is 0 Å². The summed E-state index contributed by atoms with van der Waals surface area (Å²) < 4.78 is 0. The van der Waals surface area contributed by atoms with Gasteiger partial charge in [-0.25, -0.2) is 4.79 Å². The molecule has 106 valence electrons. The van der Waals surface area contributed by atoms with Crippen LogP contribution in [0.3, 0.4) is 0 Å². The molecule has 2 unspecified atom stereocenters. The molecule has 0 fully saturated rings. The van der Waals surface area contributed by atoms with Crippen molar-refractivity contribution < 1.29 is 15.0 Å². The Kier molecular flexibility index (Phi) is 4.25. The summed E-state index contributed by atoms with van der Waals surface area (Å²) in [4.78, 5) is 11.2. The molecule has 4 nitrogen and oxygen atoms in total. The maximum atomic E-state index is 11.2. The van der Waals surface area contributed by atoms with E-state index in [1.165, 1.54) is 0 Å². The number of carboxylic acid groups (broad SMARTS) is 1. The molecule has 20 heavy (non-hydrogen) atoms. The fourth-order valence-corrected chi connectivity index (χ4v) is 2.45. The molecule has 0 aliphatic carbocycles. The summed E-state index contributed by atoms with van der Waals surface area (Å²) in [6.45, 7) is 3.75. The Labute approximate surface area is 118 Å². The molecule has 4 heteroatoms. The van der Waals surface area contributed by atoms with Gasteiger partial charge in [0, 0.05) is 17.1 Å². The number of fused-ring (bicyclic) bond motifs is 1. The molecule has 2 rings (SSSR count). The maximum Gasteiger partial charge on any atom is 0.336 e. The number of carboxylic acids is 1. The number of hydrogen-bond donors (Lipinski definition) is 3. The first-order chi connectivity index (χ1) is 9.49. The molecule has 0 bridgehead atoms. The quantitative estimate of drug-likeness (QED) is 0.783. The van der Waals surface area contributed by atoms with Crippen molar-refractivity contribution >= 4 is 22.4 Å². The molecule has 2 aromatic carbocycles. The van der Waals surface area contributed by atoms with Gasteiger partial charge in [-0.2, -0.15) is 0 Å². The third kappa shape index (κ3) is 3.08. The highest BCUT2D eigenvalue weighted by Gasteiger charge is 2.12. The van der Waals surface area contributed by atoms with Crippen LogP contribution in [0.1, 0.15) is 30.6 Å². The van der Waals surface area contributed by atoms with Gasteiger partial charge in [0.1, 0.15) is 0 Å². The average Bonchev–Trinajstić information content (AvgIpc) is 2.37. The summed E-state index contributed by atoms with van der Waals surface area (Å²) in [6, 6.07) is 10.9. The van der Waals surface area contributed by atoms with Crippen LogP contribution in [-0.2, 0) is 0 Å². The number of benzene rings is 2. The largest absolute Gasteiger partial charge is 0.478 e. The summed E-state index contributed by atoms with van der Waals surface area (Å²) in [6.07, 6.45) is 0.261. The predicted molar refractivity (Wildman–Crippen MR) is 80.3 cm³/mol. The van der Waals surface area contributed by atoms with Crippen LogP contribution in [0, 0.1) is 0 Å². The van der Waals surface area contributed by atoms with Crippen LogP contribution in [0.2, 0.25) is 0 Å². The van der Waals surface area contributed by atoms with Gasteiger partial charge in [-0.1, -0.05) is 24.3 Å². The van der Waals surface area contributed by atoms with Crippen LogP contribution in [-0.4, -0.2) is 28.3 Å². The van der Waals surface area contributed by atoms with E-state index in [1.54, 1.807) is 19.1 Å². The lowest BCUT2D eigenvalue weighted by Gasteiger charge is -2.18. The summed E-state index contributed by atoms with van der Waals surface area (Å²) in [7, 11) is 0. The third-order valence-corrected chi connectivity index (χ3v) is 3.25. The van der Waals surface area contributed by atoms with Crippen LogP contribution in [0.5, 0.6) is 0 Å². The van der Waals surface area contributed by atoms with Gasteiger partial charge in [-0.3, -0.25) is 0 Å². The Balaban J connectivity index is 2.40. The van der Waals surface area contributed by atoms with Gasteiger partial charge >= 0.3 is 5.97 Å². The third-order valence-electron chi connectivity index (χ3n) is 3.25. The molecule has 2 atom stereocenters. The summed E-state index contributed by atoms with van der Waals surface area (Å²) >= 11 is 0. The fraction of sp³-hybridized carbons (Fsp3) is 0.312. The first-order valence-electron chi connectivity index (χ1n) is 6.68. The van der Waals surface area contributed by atoms with E-state index in [1.807, 2.05) is 31.2 Å². The number of aromatic carboxylic acids is 1. The van der Waals surface area contributed by atoms with E-state index >= 15 is 0 Å². The van der Waals surface area contributed by atoms with Crippen molar-refractivity contribution in [3.63, 3.8) is 0 Å². The Bertz CT molecular complexity index is 622. The van der Waals surface area contributed by atoms with E-state index in [-0.39, 0.29) is 12.1 Å². The first kappa shape index (κ1) is 14.3. The molecule has 0 aromatic heterocycles. The molecule has 2 aromatic rings. The van der Waals surface area contributed by atoms with E-state index in [9.17, 15) is 15.0 Å². The van der Waals surface area contributed by atoms with Crippen molar-refractivity contribution in [1.29, 1.82) is 0 Å². The van der Waals surface area contributed by atoms with Crippen LogP contribution < -0.4 is 5.32 Å². The lowest BCUT2D eigenvalue weighted by atomic mass is 10.0. The first-order valence-corrected chi connectivity index (χ1v) is 6.68. The van der Waals surface area contributed by atoms with Crippen molar-refractivity contribution in [2.75, 3.05) is 5.32 Å². The lowest BCUT2D eigenvalue weighted by molar-refractivity contribution is 0.0699. The van der Waals surface area contributed by atoms with E-state index in [2.05, 4.69) is 5.32 Å². The summed E-state index contributed by atoms with van der Waals surface area (Å²) in [5.74, 6) is -0.926. The van der Waals surface area contributed by atoms with Gasteiger partial charge in [0.25, 0.3) is 0 Å². The highest BCUT2D eigenvalue weighted by Crippen LogP contribution is 2.27. The SMILES string of the molecule is CC(O)CC(C)Nc1ccc(C(=O)O)c2ccccc12. The Morgan fingerprint density at radius 2 is 1.80 bits per heavy atom. The molecule has 0 aliphatic rings. The highest BCUT2D eigenvalue weighted by atomic mass is 16.4. The minimum atomic E-state index is -0.926. The van der Waals surface area contributed by atoms with E-state index in [0.29, 0.717) is 17.4 Å². The zero-order chi connectivity index (χ0) is 14.7. The van der Waals surface area contributed by atoms with Crippen molar-refractivity contribution in [2.24, 2.45) is 0 Å². The smallest absolute Gasteiger partial charge is 0.336 e. The Morgan fingerprint density at radius 3 is 2.40 bits per heavy atom. The average molecular weight is 273 g/mol. The Hall–Kier alpha value is -2.07. The number of anilines is 1. The maximum absolute atomic E-state index is 11.2. The molecular formula is C16H19NO3. The molecule has 0 radical (unpaired) electrons. The second kappa shape index (κ2) is 5.92. The second-order valence-corrected chi connectivity index (χ2v) is 5.14. The van der Waals surface area contributed by atoms with Gasteiger partial charge in [0.05, 0.1) is 11.7 Å². The van der Waals surface area contributed by atoms with Gasteiger partial charge < -0.3 is 15.5 Å². The van der Waals surface area contributed by atoms with Gasteiger partial charge in [0.15, 0.2) is 0 Å². The molecule has 0 spiro atoms. The van der Waals surface area contributed by atoms with Crippen molar-refractivity contribution in [3.05, 3.63) is 42.0 Å². The van der Waals surface area contributed by atoms with Crippen LogP contribution in [0.25, 0.3) is 10.8 Å². The fourth-order valence-electron chi connectivity index (χ4n) is 2.45. The molecule has 0 aliphatic heterocycles. The second-order valence-electron chi connectivity index (χ2n) is 5.14. The van der Waals surface area contributed by atoms with Crippen molar-refractivity contribution in [2.45, 2.75) is 32.4 Å². The predicted octanol–water partition coefficient (Wildman–Crippen LogP) is 3.11. The van der Waals surface area contributed by atoms with Crippen LogP contribution >= 0.6 is 0 Å². The molecule has 3 N–H and O–H groups in total.